The van der Waals surface area contributed by atoms with E-state index in [1.54, 1.807) is 4.90 Å². The van der Waals surface area contributed by atoms with Crippen molar-refractivity contribution >= 4 is 17.7 Å². The van der Waals surface area contributed by atoms with E-state index < -0.39 is 0 Å². The van der Waals surface area contributed by atoms with Crippen LogP contribution in [0.4, 0.5) is 16.4 Å². The molecule has 7 nitrogen and oxygen atoms in total. The lowest BCUT2D eigenvalue weighted by molar-refractivity contribution is 0.205. The van der Waals surface area contributed by atoms with E-state index in [0.29, 0.717) is 43.6 Å². The van der Waals surface area contributed by atoms with Gasteiger partial charge in [0.05, 0.1) is 17.8 Å². The van der Waals surface area contributed by atoms with Crippen LogP contribution in [0.1, 0.15) is 22.4 Å². The molecule has 0 spiro atoms. The molecular formula is C29H29N5O2. The summed E-state index contributed by atoms with van der Waals surface area (Å²) in [4.78, 5) is 26.5. The van der Waals surface area contributed by atoms with E-state index >= 15 is 0 Å². The van der Waals surface area contributed by atoms with Crippen LogP contribution in [0.15, 0.2) is 84.9 Å². The molecule has 3 aromatic carbocycles. The number of benzene rings is 3. The molecule has 5 rings (SSSR count). The molecule has 0 fully saturated rings. The van der Waals surface area contributed by atoms with Crippen molar-refractivity contribution in [1.29, 1.82) is 0 Å². The molecule has 36 heavy (non-hydrogen) atoms. The van der Waals surface area contributed by atoms with Crippen molar-refractivity contribution in [2.24, 2.45) is 0 Å². The van der Waals surface area contributed by atoms with Gasteiger partial charge in [-0.2, -0.15) is 4.98 Å². The van der Waals surface area contributed by atoms with Crippen LogP contribution >= 0.6 is 0 Å². The molecule has 1 aromatic heterocycles. The minimum Gasteiger partial charge on any atom is -0.438 e. The number of carbonyl (C=O) groups excluding carboxylic acids is 1. The highest BCUT2D eigenvalue weighted by atomic mass is 16.5. The fourth-order valence-corrected chi connectivity index (χ4v) is 4.24. The van der Waals surface area contributed by atoms with Gasteiger partial charge in [0.1, 0.15) is 5.75 Å². The maximum Gasteiger partial charge on any atom is 0.322 e. The number of ether oxygens (including phenoxy) is 1. The molecule has 2 amide bonds. The standard InChI is InChI=1S/C29H29N5O2/c1-21-10-9-15-24(18-21)36-27-25-20-34(29(35)30-23-13-7-4-8-14-23)17-16-26(25)31-28(32-27)33(2)19-22-11-5-3-6-12-22/h3-15,18H,16-17,19-20H2,1-2H3,(H,30,35). The topological polar surface area (TPSA) is 70.6 Å². The average Bonchev–Trinajstić information content (AvgIpc) is 2.89. The van der Waals surface area contributed by atoms with Crippen LogP contribution < -0.4 is 15.0 Å². The second kappa shape index (κ2) is 10.5. The van der Waals surface area contributed by atoms with E-state index in [-0.39, 0.29) is 6.03 Å². The van der Waals surface area contributed by atoms with Crippen LogP contribution in [-0.4, -0.2) is 34.5 Å². The summed E-state index contributed by atoms with van der Waals surface area (Å²) >= 11 is 0. The maximum absolute atomic E-state index is 13.0. The molecule has 0 radical (unpaired) electrons. The molecule has 0 saturated heterocycles. The Kier molecular flexibility index (Phi) is 6.80. The third-order valence-electron chi connectivity index (χ3n) is 6.13. The zero-order chi connectivity index (χ0) is 24.9. The lowest BCUT2D eigenvalue weighted by Crippen LogP contribution is -2.39. The molecule has 4 aromatic rings. The van der Waals surface area contributed by atoms with Crippen LogP contribution in [0.2, 0.25) is 0 Å². The third kappa shape index (κ3) is 5.46. The Bertz CT molecular complexity index is 1340. The Hall–Kier alpha value is -4.39. The van der Waals surface area contributed by atoms with Gasteiger partial charge in [0, 0.05) is 32.2 Å². The first kappa shape index (κ1) is 23.4. The largest absolute Gasteiger partial charge is 0.438 e. The molecule has 2 heterocycles. The van der Waals surface area contributed by atoms with E-state index in [9.17, 15) is 4.79 Å². The molecule has 1 aliphatic rings. The lowest BCUT2D eigenvalue weighted by Gasteiger charge is -2.30. The zero-order valence-electron chi connectivity index (χ0n) is 20.5. The second-order valence-electron chi connectivity index (χ2n) is 8.98. The monoisotopic (exact) mass is 479 g/mol. The highest BCUT2D eigenvalue weighted by Crippen LogP contribution is 2.32. The first-order valence-corrected chi connectivity index (χ1v) is 12.1. The normalized spacial score (nSPS) is 12.6. The molecular weight excluding hydrogens is 450 g/mol. The summed E-state index contributed by atoms with van der Waals surface area (Å²) in [6.07, 6.45) is 0.621. The molecule has 1 aliphatic heterocycles. The fourth-order valence-electron chi connectivity index (χ4n) is 4.24. The Morgan fingerprint density at radius 2 is 1.75 bits per heavy atom. The van der Waals surface area contributed by atoms with Gasteiger partial charge in [0.2, 0.25) is 11.8 Å². The van der Waals surface area contributed by atoms with Gasteiger partial charge in [-0.1, -0.05) is 60.7 Å². The zero-order valence-corrected chi connectivity index (χ0v) is 20.5. The third-order valence-corrected chi connectivity index (χ3v) is 6.13. The van der Waals surface area contributed by atoms with Crippen molar-refractivity contribution in [3.63, 3.8) is 0 Å². The SMILES string of the molecule is Cc1cccc(Oc2nc(N(C)Cc3ccccc3)nc3c2CN(C(=O)Nc2ccccc2)CC3)c1. The number of hydrogen-bond donors (Lipinski definition) is 1. The molecule has 0 unspecified atom stereocenters. The van der Waals surface area contributed by atoms with Gasteiger partial charge >= 0.3 is 6.03 Å². The van der Waals surface area contributed by atoms with Crippen LogP contribution in [0.5, 0.6) is 11.6 Å². The van der Waals surface area contributed by atoms with Crippen molar-refractivity contribution in [2.45, 2.75) is 26.4 Å². The fraction of sp³-hybridized carbons (Fsp3) is 0.207. The van der Waals surface area contributed by atoms with E-state index in [0.717, 1.165) is 22.5 Å². The van der Waals surface area contributed by atoms with Crippen molar-refractivity contribution in [3.05, 3.63) is 107 Å². The van der Waals surface area contributed by atoms with Gasteiger partial charge in [-0.15, -0.1) is 0 Å². The molecule has 7 heteroatoms. The van der Waals surface area contributed by atoms with Gasteiger partial charge in [-0.3, -0.25) is 0 Å². The Balaban J connectivity index is 1.44. The molecule has 0 aliphatic carbocycles. The number of anilines is 2. The number of aromatic nitrogens is 2. The average molecular weight is 480 g/mol. The Morgan fingerprint density at radius 1 is 1.00 bits per heavy atom. The number of urea groups is 1. The number of nitrogens with one attached hydrogen (secondary N) is 1. The van der Waals surface area contributed by atoms with Crippen LogP contribution in [-0.2, 0) is 19.5 Å². The first-order valence-electron chi connectivity index (χ1n) is 12.1. The van der Waals surface area contributed by atoms with Crippen LogP contribution in [0.25, 0.3) is 0 Å². The van der Waals surface area contributed by atoms with E-state index in [4.69, 9.17) is 14.7 Å². The van der Waals surface area contributed by atoms with Crippen molar-refractivity contribution in [1.82, 2.24) is 14.9 Å². The number of nitrogens with zero attached hydrogens (tertiary/aromatic N) is 4. The first-order chi connectivity index (χ1) is 17.5. The smallest absolute Gasteiger partial charge is 0.322 e. The predicted octanol–water partition coefficient (Wildman–Crippen LogP) is 5.80. The Morgan fingerprint density at radius 3 is 2.50 bits per heavy atom. The highest BCUT2D eigenvalue weighted by Gasteiger charge is 2.27. The number of aryl methyl sites for hydroxylation is 1. The summed E-state index contributed by atoms with van der Waals surface area (Å²) in [6, 6.07) is 27.4. The van der Waals surface area contributed by atoms with E-state index in [2.05, 4.69) is 17.4 Å². The minimum absolute atomic E-state index is 0.154. The molecule has 0 bridgehead atoms. The van der Waals surface area contributed by atoms with Crippen molar-refractivity contribution in [2.75, 3.05) is 23.8 Å². The highest BCUT2D eigenvalue weighted by molar-refractivity contribution is 5.89. The molecule has 182 valence electrons. The molecule has 0 atom stereocenters. The number of fused-ring (bicyclic) bond motifs is 1. The van der Waals surface area contributed by atoms with Gasteiger partial charge in [0.25, 0.3) is 0 Å². The van der Waals surface area contributed by atoms with Gasteiger partial charge in [0.15, 0.2) is 0 Å². The van der Waals surface area contributed by atoms with Crippen molar-refractivity contribution in [3.8, 4) is 11.6 Å². The number of rotatable bonds is 6. The predicted molar refractivity (Wildman–Crippen MR) is 141 cm³/mol. The van der Waals surface area contributed by atoms with Crippen LogP contribution in [0, 0.1) is 6.92 Å². The lowest BCUT2D eigenvalue weighted by atomic mass is 10.1. The summed E-state index contributed by atoms with van der Waals surface area (Å²) in [5.41, 5.74) is 4.78. The quantitative estimate of drug-likeness (QED) is 0.378. The summed E-state index contributed by atoms with van der Waals surface area (Å²) < 4.78 is 6.31. The summed E-state index contributed by atoms with van der Waals surface area (Å²) in [5.74, 6) is 1.79. The number of para-hydroxylation sites is 1. The number of amides is 2. The number of carbonyl (C=O) groups is 1. The summed E-state index contributed by atoms with van der Waals surface area (Å²) in [6.45, 7) is 3.64. The van der Waals surface area contributed by atoms with Crippen molar-refractivity contribution < 1.29 is 9.53 Å². The maximum atomic E-state index is 13.0. The minimum atomic E-state index is -0.154. The second-order valence-corrected chi connectivity index (χ2v) is 8.98. The molecule has 1 N–H and O–H groups in total. The summed E-state index contributed by atoms with van der Waals surface area (Å²) in [5, 5.41) is 2.97. The molecule has 0 saturated carbocycles. The van der Waals surface area contributed by atoms with E-state index in [1.807, 2.05) is 91.7 Å². The van der Waals surface area contributed by atoms with Gasteiger partial charge in [-0.25, -0.2) is 9.78 Å². The van der Waals surface area contributed by atoms with Gasteiger partial charge < -0.3 is 19.9 Å². The van der Waals surface area contributed by atoms with E-state index in [1.165, 1.54) is 5.56 Å². The summed E-state index contributed by atoms with van der Waals surface area (Å²) in [7, 11) is 1.98. The van der Waals surface area contributed by atoms with Crippen LogP contribution in [0.3, 0.4) is 0 Å². The number of hydrogen-bond acceptors (Lipinski definition) is 5. The van der Waals surface area contributed by atoms with Gasteiger partial charge in [-0.05, 0) is 42.3 Å². The Labute approximate surface area is 211 Å².